The van der Waals surface area contributed by atoms with E-state index in [9.17, 15) is 8.42 Å². The molecule has 7 nitrogen and oxygen atoms in total. The van der Waals surface area contributed by atoms with Crippen LogP contribution in [0.2, 0.25) is 0 Å². The van der Waals surface area contributed by atoms with E-state index in [2.05, 4.69) is 106 Å². The Morgan fingerprint density at radius 1 is 0.396 bits per heavy atom. The highest BCUT2D eigenvalue weighted by molar-refractivity contribution is 7.91. The molecule has 0 atom stereocenters. The third-order valence-corrected chi connectivity index (χ3v) is 11.1. The topological polar surface area (TPSA) is 52.0 Å². The van der Waals surface area contributed by atoms with Gasteiger partial charge in [0.1, 0.15) is 0 Å². The smallest absolute Gasteiger partial charge is 0.152 e. The van der Waals surface area contributed by atoms with Crippen molar-refractivity contribution < 1.29 is 8.42 Å². The van der Waals surface area contributed by atoms with E-state index in [1.165, 1.54) is 90.6 Å². The molecule has 4 aliphatic rings. The fourth-order valence-corrected chi connectivity index (χ4v) is 7.29. The number of nitrogens with zero attached hydrogens (tertiary/aromatic N) is 5. The summed E-state index contributed by atoms with van der Waals surface area (Å²) in [6.45, 7) is 31.6. The van der Waals surface area contributed by atoms with Crippen LogP contribution in [0.3, 0.4) is 0 Å². The molecule has 8 heteroatoms. The molecular formula is C40H87N5O2S. The maximum Gasteiger partial charge on any atom is 0.152 e. The zero-order chi connectivity index (χ0) is 33.8. The molecule has 0 aromatic carbocycles. The lowest BCUT2D eigenvalue weighted by Crippen LogP contribution is -2.43. The largest absolute Gasteiger partial charge is 0.352 e. The van der Waals surface area contributed by atoms with Crippen molar-refractivity contribution in [3.05, 3.63) is 24.5 Å². The minimum absolute atomic E-state index is 0. The number of likely N-dealkylation sites (tertiary alicyclic amines) is 3. The van der Waals surface area contributed by atoms with Gasteiger partial charge in [-0.15, -0.1) is 0 Å². The van der Waals surface area contributed by atoms with Crippen molar-refractivity contribution in [3.8, 4) is 0 Å². The van der Waals surface area contributed by atoms with Gasteiger partial charge < -0.3 is 19.3 Å². The lowest BCUT2D eigenvalue weighted by Gasteiger charge is -2.29. The van der Waals surface area contributed by atoms with Crippen molar-refractivity contribution in [2.24, 2.45) is 0 Å². The van der Waals surface area contributed by atoms with Gasteiger partial charge in [-0.05, 0) is 159 Å². The summed E-state index contributed by atoms with van der Waals surface area (Å²) in [5.74, 6) is 0.677. The summed E-state index contributed by atoms with van der Waals surface area (Å²) in [5, 5.41) is 0. The highest BCUT2D eigenvalue weighted by Gasteiger charge is 2.22. The van der Waals surface area contributed by atoms with E-state index in [1.54, 1.807) is 0 Å². The first-order valence-electron chi connectivity index (χ1n) is 18.5. The predicted molar refractivity (Wildman–Crippen MR) is 217 cm³/mol. The van der Waals surface area contributed by atoms with Crippen LogP contribution >= 0.6 is 0 Å². The Labute approximate surface area is 303 Å². The first-order chi connectivity index (χ1) is 21.2. The van der Waals surface area contributed by atoms with Gasteiger partial charge in [0.2, 0.25) is 0 Å². The molecule has 4 saturated heterocycles. The van der Waals surface area contributed by atoms with Gasteiger partial charge in [0.15, 0.2) is 9.84 Å². The second kappa shape index (κ2) is 28.7. The standard InChI is InChI=1S/2C8H17N.C7H15NO2S.C7H15N.C7H11N.3CH4/c2*1-8(2)9-6-4-3-5-7-9;1-7(2)8-3-5-11(9,10)6-4-8;2*1-7(2)8-5-3-4-6-8;;;/h2*8H,3-7H2,1-2H3;7H,3-6H2,1-2H3;7H,3-6H2,1-2H3;3-7H,1-2H3;3*1H4. The van der Waals surface area contributed by atoms with Crippen molar-refractivity contribution in [1.82, 2.24) is 24.2 Å². The Kier molecular flexibility index (Phi) is 30.8. The number of piperidine rings is 2. The van der Waals surface area contributed by atoms with Gasteiger partial charge in [-0.1, -0.05) is 35.1 Å². The third kappa shape index (κ3) is 23.5. The van der Waals surface area contributed by atoms with E-state index in [-0.39, 0.29) is 22.3 Å². The van der Waals surface area contributed by atoms with Crippen LogP contribution in [0, 0.1) is 0 Å². The second-order valence-corrected chi connectivity index (χ2v) is 17.0. The molecule has 0 saturated carbocycles. The molecule has 1 aromatic heterocycles. The fourth-order valence-electron chi connectivity index (χ4n) is 6.06. The molecule has 5 rings (SSSR count). The van der Waals surface area contributed by atoms with Crippen LogP contribution in [0.25, 0.3) is 0 Å². The minimum atomic E-state index is -2.69. The molecule has 0 unspecified atom stereocenters. The fraction of sp³-hybridized carbons (Fsp3) is 0.900. The van der Waals surface area contributed by atoms with E-state index in [1.807, 2.05) is 12.1 Å². The summed E-state index contributed by atoms with van der Waals surface area (Å²) in [5.41, 5.74) is 0. The lowest BCUT2D eigenvalue weighted by molar-refractivity contribution is 0.185. The Morgan fingerprint density at radius 2 is 0.646 bits per heavy atom. The van der Waals surface area contributed by atoms with Gasteiger partial charge in [-0.2, -0.15) is 0 Å². The van der Waals surface area contributed by atoms with E-state index in [0.29, 0.717) is 36.7 Å². The Morgan fingerprint density at radius 3 is 0.854 bits per heavy atom. The highest BCUT2D eigenvalue weighted by atomic mass is 32.2. The second-order valence-electron chi connectivity index (χ2n) is 14.7. The lowest BCUT2D eigenvalue weighted by atomic mass is 10.1. The van der Waals surface area contributed by atoms with Crippen LogP contribution in [-0.2, 0) is 9.84 Å². The molecule has 290 valence electrons. The van der Waals surface area contributed by atoms with Crippen molar-refractivity contribution in [3.63, 3.8) is 0 Å². The molecule has 0 spiro atoms. The number of hydrogen-bond donors (Lipinski definition) is 0. The summed E-state index contributed by atoms with van der Waals surface area (Å²) < 4.78 is 24.2. The van der Waals surface area contributed by atoms with Gasteiger partial charge in [-0.25, -0.2) is 8.42 Å². The zero-order valence-electron chi connectivity index (χ0n) is 31.4. The molecule has 4 aliphatic heterocycles. The molecule has 0 amide bonds. The Hall–Kier alpha value is -0.930. The van der Waals surface area contributed by atoms with E-state index in [4.69, 9.17) is 0 Å². The number of sulfone groups is 1. The highest BCUT2D eigenvalue weighted by Crippen LogP contribution is 2.12. The van der Waals surface area contributed by atoms with Gasteiger partial charge in [0.05, 0.1) is 11.5 Å². The van der Waals surface area contributed by atoms with Crippen LogP contribution in [0.1, 0.15) is 149 Å². The molecule has 4 fully saturated rings. The first kappa shape index (κ1) is 51.4. The van der Waals surface area contributed by atoms with E-state index < -0.39 is 9.84 Å². The molecule has 0 radical (unpaired) electrons. The SMILES string of the molecule is C.C.C.CC(C)N1CCCC1.CC(C)N1CCCCC1.CC(C)N1CCCCC1.CC(C)N1CCS(=O)(=O)CC1.CC(C)n1cccc1. The summed E-state index contributed by atoms with van der Waals surface area (Å²) in [6.07, 6.45) is 15.5. The molecule has 1 aromatic rings. The van der Waals surface area contributed by atoms with Gasteiger partial charge in [0, 0.05) is 55.7 Å². The van der Waals surface area contributed by atoms with Crippen LogP contribution in [-0.4, -0.2) is 121 Å². The summed E-state index contributed by atoms with van der Waals surface area (Å²) in [7, 11) is -2.69. The van der Waals surface area contributed by atoms with Gasteiger partial charge in [0.25, 0.3) is 0 Å². The summed E-state index contributed by atoms with van der Waals surface area (Å²) >= 11 is 0. The molecule has 0 bridgehead atoms. The average molecular weight is 702 g/mol. The maximum atomic E-state index is 11.0. The normalized spacial score (nSPS) is 20.1. The summed E-state index contributed by atoms with van der Waals surface area (Å²) in [4.78, 5) is 9.84. The van der Waals surface area contributed by atoms with Crippen molar-refractivity contribution in [2.75, 3.05) is 63.9 Å². The average Bonchev–Trinajstić information content (AvgIpc) is 3.75. The molecule has 0 N–H and O–H groups in total. The van der Waals surface area contributed by atoms with E-state index >= 15 is 0 Å². The molecule has 5 heterocycles. The molecule has 0 aliphatic carbocycles. The van der Waals surface area contributed by atoms with Gasteiger partial charge >= 0.3 is 0 Å². The monoisotopic (exact) mass is 702 g/mol. The van der Waals surface area contributed by atoms with Crippen LogP contribution < -0.4 is 0 Å². The third-order valence-electron chi connectivity index (χ3n) is 9.45. The zero-order valence-corrected chi connectivity index (χ0v) is 32.2. The van der Waals surface area contributed by atoms with Gasteiger partial charge in [-0.3, -0.25) is 4.90 Å². The molecule has 48 heavy (non-hydrogen) atoms. The van der Waals surface area contributed by atoms with Crippen molar-refractivity contribution in [1.29, 1.82) is 0 Å². The minimum Gasteiger partial charge on any atom is -0.352 e. The number of aromatic nitrogens is 1. The Balaban J connectivity index is -0.000000521. The van der Waals surface area contributed by atoms with Crippen molar-refractivity contribution >= 4 is 9.84 Å². The number of hydrogen-bond acceptors (Lipinski definition) is 6. The van der Waals surface area contributed by atoms with Crippen molar-refractivity contribution in [2.45, 2.75) is 173 Å². The summed E-state index contributed by atoms with van der Waals surface area (Å²) in [6, 6.07) is 7.48. The maximum absolute atomic E-state index is 11.0. The van der Waals surface area contributed by atoms with Crippen LogP contribution in [0.15, 0.2) is 24.5 Å². The first-order valence-corrected chi connectivity index (χ1v) is 20.3. The van der Waals surface area contributed by atoms with Crippen LogP contribution in [0.5, 0.6) is 0 Å². The number of rotatable bonds is 5. The quantitative estimate of drug-likeness (QED) is 0.305. The van der Waals surface area contributed by atoms with Crippen LogP contribution in [0.4, 0.5) is 0 Å². The molecular weight excluding hydrogens is 615 g/mol. The Bertz CT molecular complexity index is 877. The van der Waals surface area contributed by atoms with E-state index in [0.717, 1.165) is 18.1 Å². The predicted octanol–water partition coefficient (Wildman–Crippen LogP) is 9.35.